The van der Waals surface area contributed by atoms with Gasteiger partial charge in [-0.2, -0.15) is 0 Å². The molecule has 4 N–H and O–H groups in total. The van der Waals surface area contributed by atoms with Gasteiger partial charge in [-0.1, -0.05) is 29.5 Å². The third kappa shape index (κ3) is 3.20. The second kappa shape index (κ2) is 6.33. The normalized spacial score (nSPS) is 10.8. The molecule has 4 aromatic rings. The van der Waals surface area contributed by atoms with E-state index in [1.807, 2.05) is 49.4 Å². The second-order valence-electron chi connectivity index (χ2n) is 5.39. The van der Waals surface area contributed by atoms with E-state index in [-0.39, 0.29) is 0 Å². The Kier molecular flexibility index (Phi) is 3.87. The predicted octanol–water partition coefficient (Wildman–Crippen LogP) is 3.86. The number of aromatic nitrogens is 4. The summed E-state index contributed by atoms with van der Waals surface area (Å²) in [5.74, 6) is 1.68. The molecule has 0 saturated carbocycles. The Morgan fingerprint density at radius 2 is 1.72 bits per heavy atom. The molecule has 0 saturated heterocycles. The number of nitrogens with zero attached hydrogens (tertiary/aromatic N) is 4. The lowest BCUT2D eigenvalue weighted by molar-refractivity contribution is 1.15. The summed E-state index contributed by atoms with van der Waals surface area (Å²) in [5, 5.41) is 7.02. The quantitative estimate of drug-likeness (QED) is 0.514. The number of benzene rings is 1. The van der Waals surface area contributed by atoms with Gasteiger partial charge in [-0.25, -0.2) is 19.9 Å². The first-order chi connectivity index (χ1) is 12.2. The van der Waals surface area contributed by atoms with Gasteiger partial charge in [0.25, 0.3) is 0 Å². The van der Waals surface area contributed by atoms with Crippen molar-refractivity contribution in [2.75, 3.05) is 16.4 Å². The highest BCUT2D eigenvalue weighted by atomic mass is 32.1. The SMILES string of the molecule is Cc1cccc(Nc2ncnc(Nc3nc4ccccc4s3)c2N)n1. The number of aryl methyl sites for hydroxylation is 1. The Morgan fingerprint density at radius 1 is 0.920 bits per heavy atom. The lowest BCUT2D eigenvalue weighted by Gasteiger charge is -2.11. The van der Waals surface area contributed by atoms with Gasteiger partial charge < -0.3 is 16.4 Å². The molecule has 3 aromatic heterocycles. The first-order valence-electron chi connectivity index (χ1n) is 7.63. The number of hydrogen-bond acceptors (Lipinski definition) is 8. The van der Waals surface area contributed by atoms with E-state index in [1.165, 1.54) is 6.33 Å². The average molecular weight is 349 g/mol. The Labute approximate surface area is 148 Å². The number of anilines is 5. The van der Waals surface area contributed by atoms with E-state index in [0.29, 0.717) is 23.1 Å². The predicted molar refractivity (Wildman–Crippen MR) is 102 cm³/mol. The first kappa shape index (κ1) is 15.3. The molecule has 0 aliphatic rings. The number of nitrogens with one attached hydrogen (secondary N) is 2. The Balaban J connectivity index is 1.62. The van der Waals surface area contributed by atoms with Crippen LogP contribution in [-0.2, 0) is 0 Å². The van der Waals surface area contributed by atoms with Gasteiger partial charge in [0.1, 0.15) is 17.8 Å². The molecule has 0 unspecified atom stereocenters. The summed E-state index contributed by atoms with van der Waals surface area (Å²) in [4.78, 5) is 17.4. The van der Waals surface area contributed by atoms with Crippen molar-refractivity contribution in [3.8, 4) is 0 Å². The van der Waals surface area contributed by atoms with Gasteiger partial charge in [-0.05, 0) is 31.2 Å². The van der Waals surface area contributed by atoms with Gasteiger partial charge in [0.2, 0.25) is 0 Å². The topological polar surface area (TPSA) is 102 Å². The van der Waals surface area contributed by atoms with Crippen LogP contribution >= 0.6 is 11.3 Å². The number of pyridine rings is 1. The largest absolute Gasteiger partial charge is 0.393 e. The van der Waals surface area contributed by atoms with Crippen molar-refractivity contribution in [3.05, 3.63) is 54.5 Å². The Morgan fingerprint density at radius 3 is 2.52 bits per heavy atom. The smallest absolute Gasteiger partial charge is 0.189 e. The summed E-state index contributed by atoms with van der Waals surface area (Å²) in [5.41, 5.74) is 8.46. The van der Waals surface area contributed by atoms with Crippen LogP contribution in [0, 0.1) is 6.92 Å². The molecule has 4 rings (SSSR count). The molecular weight excluding hydrogens is 334 g/mol. The molecule has 0 aliphatic carbocycles. The van der Waals surface area contributed by atoms with Crippen molar-refractivity contribution in [2.45, 2.75) is 6.92 Å². The zero-order valence-corrected chi connectivity index (χ0v) is 14.2. The molecule has 1 aromatic carbocycles. The van der Waals surface area contributed by atoms with Crippen molar-refractivity contribution in [1.82, 2.24) is 19.9 Å². The van der Waals surface area contributed by atoms with Crippen molar-refractivity contribution < 1.29 is 0 Å². The van der Waals surface area contributed by atoms with Crippen LogP contribution < -0.4 is 16.4 Å². The van der Waals surface area contributed by atoms with Gasteiger partial charge in [0, 0.05) is 5.69 Å². The summed E-state index contributed by atoms with van der Waals surface area (Å²) in [6, 6.07) is 13.6. The molecule has 0 fully saturated rings. The number of nitrogens with two attached hydrogens (primary N) is 1. The van der Waals surface area contributed by atoms with E-state index >= 15 is 0 Å². The molecule has 3 heterocycles. The fourth-order valence-corrected chi connectivity index (χ4v) is 3.22. The zero-order valence-electron chi connectivity index (χ0n) is 13.4. The fourth-order valence-electron chi connectivity index (χ4n) is 2.36. The van der Waals surface area contributed by atoms with E-state index in [9.17, 15) is 0 Å². The first-order valence-corrected chi connectivity index (χ1v) is 8.44. The summed E-state index contributed by atoms with van der Waals surface area (Å²) in [6.07, 6.45) is 1.45. The van der Waals surface area contributed by atoms with Crippen LogP contribution in [0.25, 0.3) is 10.2 Å². The van der Waals surface area contributed by atoms with Crippen LogP contribution in [0.2, 0.25) is 0 Å². The number of thiazole rings is 1. The molecule has 8 heteroatoms. The highest BCUT2D eigenvalue weighted by molar-refractivity contribution is 7.22. The van der Waals surface area contributed by atoms with Gasteiger partial charge in [-0.15, -0.1) is 0 Å². The van der Waals surface area contributed by atoms with Crippen LogP contribution in [0.1, 0.15) is 5.69 Å². The van der Waals surface area contributed by atoms with Crippen molar-refractivity contribution in [3.63, 3.8) is 0 Å². The second-order valence-corrected chi connectivity index (χ2v) is 6.42. The number of hydrogen-bond donors (Lipinski definition) is 3. The van der Waals surface area contributed by atoms with Crippen LogP contribution in [0.4, 0.5) is 28.3 Å². The van der Waals surface area contributed by atoms with Crippen LogP contribution in [-0.4, -0.2) is 19.9 Å². The number of rotatable bonds is 4. The van der Waals surface area contributed by atoms with Gasteiger partial charge in [0.15, 0.2) is 16.8 Å². The molecule has 0 spiro atoms. The minimum absolute atomic E-state index is 0.407. The van der Waals surface area contributed by atoms with E-state index < -0.39 is 0 Å². The average Bonchev–Trinajstić information content (AvgIpc) is 3.01. The molecule has 25 heavy (non-hydrogen) atoms. The minimum Gasteiger partial charge on any atom is -0.393 e. The third-order valence-corrected chi connectivity index (χ3v) is 4.49. The third-order valence-electron chi connectivity index (χ3n) is 3.54. The number of para-hydroxylation sites is 1. The maximum absolute atomic E-state index is 6.21. The number of nitrogen functional groups attached to an aromatic ring is 1. The van der Waals surface area contributed by atoms with Crippen molar-refractivity contribution in [1.29, 1.82) is 0 Å². The van der Waals surface area contributed by atoms with Crippen molar-refractivity contribution in [2.24, 2.45) is 0 Å². The molecular formula is C17H15N7S. The summed E-state index contributed by atoms with van der Waals surface area (Å²) in [6.45, 7) is 1.93. The Bertz CT molecular complexity index is 1010. The molecule has 0 amide bonds. The molecule has 7 nitrogen and oxygen atoms in total. The minimum atomic E-state index is 0.407. The summed E-state index contributed by atoms with van der Waals surface area (Å²) in [7, 11) is 0. The summed E-state index contributed by atoms with van der Waals surface area (Å²) < 4.78 is 1.10. The lowest BCUT2D eigenvalue weighted by atomic mass is 10.3. The fraction of sp³-hybridized carbons (Fsp3) is 0.0588. The van der Waals surface area contributed by atoms with E-state index in [4.69, 9.17) is 5.73 Å². The zero-order chi connectivity index (χ0) is 17.2. The molecule has 0 radical (unpaired) electrons. The standard InChI is InChI=1S/C17H15N7S/c1-10-5-4-8-13(21-10)23-15-14(18)16(20-9-19-15)24-17-22-11-6-2-3-7-12(11)25-17/h2-9H,18H2,1H3,(H2,19,20,21,22,23,24). The van der Waals surface area contributed by atoms with E-state index in [1.54, 1.807) is 11.3 Å². The lowest BCUT2D eigenvalue weighted by Crippen LogP contribution is -2.05. The molecule has 0 bridgehead atoms. The van der Waals surface area contributed by atoms with Gasteiger partial charge in [0.05, 0.1) is 10.2 Å². The van der Waals surface area contributed by atoms with Crippen LogP contribution in [0.3, 0.4) is 0 Å². The van der Waals surface area contributed by atoms with E-state index in [0.717, 1.165) is 21.0 Å². The van der Waals surface area contributed by atoms with E-state index in [2.05, 4.69) is 30.6 Å². The molecule has 124 valence electrons. The van der Waals surface area contributed by atoms with Crippen LogP contribution in [0.15, 0.2) is 48.8 Å². The highest BCUT2D eigenvalue weighted by Gasteiger charge is 2.11. The van der Waals surface area contributed by atoms with Gasteiger partial charge >= 0.3 is 0 Å². The summed E-state index contributed by atoms with van der Waals surface area (Å²) >= 11 is 1.54. The Hall–Kier alpha value is -3.26. The number of fused-ring (bicyclic) bond motifs is 1. The van der Waals surface area contributed by atoms with Crippen molar-refractivity contribution >= 4 is 49.8 Å². The highest BCUT2D eigenvalue weighted by Crippen LogP contribution is 2.31. The maximum atomic E-state index is 6.21. The molecule has 0 atom stereocenters. The van der Waals surface area contributed by atoms with Crippen LogP contribution in [0.5, 0.6) is 0 Å². The molecule has 0 aliphatic heterocycles. The monoisotopic (exact) mass is 349 g/mol. The van der Waals surface area contributed by atoms with Gasteiger partial charge in [-0.3, -0.25) is 0 Å². The maximum Gasteiger partial charge on any atom is 0.189 e.